The molecule has 0 saturated heterocycles. The summed E-state index contributed by atoms with van der Waals surface area (Å²) < 4.78 is 13.4. The van der Waals surface area contributed by atoms with Gasteiger partial charge in [-0.15, -0.1) is 0 Å². The van der Waals surface area contributed by atoms with Crippen molar-refractivity contribution in [1.82, 2.24) is 5.32 Å². The van der Waals surface area contributed by atoms with E-state index in [0.29, 0.717) is 5.92 Å². The lowest BCUT2D eigenvalue weighted by Gasteiger charge is -2.29. The molecule has 2 heteroatoms. The lowest BCUT2D eigenvalue weighted by Crippen LogP contribution is -2.29. The van der Waals surface area contributed by atoms with Crippen LogP contribution in [0.3, 0.4) is 0 Å². The molecule has 0 atom stereocenters. The molecule has 0 aromatic heterocycles. The van der Waals surface area contributed by atoms with E-state index >= 15 is 0 Å². The molecule has 0 bridgehead atoms. The molecule has 0 spiro atoms. The molecule has 0 amide bonds. The Labute approximate surface area is 117 Å². The Bertz CT molecular complexity index is 398. The second kappa shape index (κ2) is 6.51. The van der Waals surface area contributed by atoms with E-state index in [1.54, 1.807) is 12.1 Å². The van der Waals surface area contributed by atoms with Gasteiger partial charge in [0.05, 0.1) is 0 Å². The smallest absolute Gasteiger partial charge is 0.123 e. The van der Waals surface area contributed by atoms with Gasteiger partial charge in [0.1, 0.15) is 5.82 Å². The van der Waals surface area contributed by atoms with Crippen molar-refractivity contribution in [1.29, 1.82) is 0 Å². The standard InChI is InChI=1S/C17H28FN/c1-12(2)11-19-8-7-17(5,6)16-13(3)9-15(18)10-14(16)4/h9-10,12,19H,7-8,11H2,1-6H3. The zero-order valence-electron chi connectivity index (χ0n) is 13.2. The summed E-state index contributed by atoms with van der Waals surface area (Å²) in [6.07, 6.45) is 1.06. The van der Waals surface area contributed by atoms with Gasteiger partial charge in [0.25, 0.3) is 0 Å². The Morgan fingerprint density at radius 2 is 1.68 bits per heavy atom. The first-order chi connectivity index (χ1) is 8.74. The number of hydrogen-bond acceptors (Lipinski definition) is 1. The predicted octanol–water partition coefficient (Wildman–Crippen LogP) is 4.36. The molecule has 0 aliphatic heterocycles. The molecule has 108 valence electrons. The summed E-state index contributed by atoms with van der Waals surface area (Å²) in [5.41, 5.74) is 3.49. The van der Waals surface area contributed by atoms with Crippen molar-refractivity contribution >= 4 is 0 Å². The molecule has 0 aliphatic rings. The van der Waals surface area contributed by atoms with E-state index in [4.69, 9.17) is 0 Å². The molecule has 1 aromatic carbocycles. The first-order valence-electron chi connectivity index (χ1n) is 7.22. The molecule has 19 heavy (non-hydrogen) atoms. The van der Waals surface area contributed by atoms with Crippen LogP contribution in [0.5, 0.6) is 0 Å². The summed E-state index contributed by atoms with van der Waals surface area (Å²) in [5, 5.41) is 3.49. The molecule has 0 heterocycles. The van der Waals surface area contributed by atoms with E-state index in [0.717, 1.165) is 30.6 Å². The maximum absolute atomic E-state index is 13.4. The highest BCUT2D eigenvalue weighted by molar-refractivity contribution is 5.39. The van der Waals surface area contributed by atoms with Crippen molar-refractivity contribution in [3.8, 4) is 0 Å². The lowest BCUT2D eigenvalue weighted by atomic mass is 9.77. The van der Waals surface area contributed by atoms with Gasteiger partial charge in [-0.25, -0.2) is 4.39 Å². The van der Waals surface area contributed by atoms with Crippen LogP contribution in [0, 0.1) is 25.6 Å². The van der Waals surface area contributed by atoms with Crippen molar-refractivity contribution in [2.75, 3.05) is 13.1 Å². The van der Waals surface area contributed by atoms with E-state index in [1.165, 1.54) is 5.56 Å². The minimum atomic E-state index is -0.132. The van der Waals surface area contributed by atoms with Crippen LogP contribution in [-0.4, -0.2) is 13.1 Å². The van der Waals surface area contributed by atoms with Crippen molar-refractivity contribution in [3.63, 3.8) is 0 Å². The van der Waals surface area contributed by atoms with Gasteiger partial charge in [-0.2, -0.15) is 0 Å². The average molecular weight is 265 g/mol. The topological polar surface area (TPSA) is 12.0 Å². The number of nitrogens with one attached hydrogen (secondary N) is 1. The van der Waals surface area contributed by atoms with E-state index < -0.39 is 0 Å². The monoisotopic (exact) mass is 265 g/mol. The number of halogens is 1. The zero-order chi connectivity index (χ0) is 14.6. The summed E-state index contributed by atoms with van der Waals surface area (Å²) in [5.74, 6) is 0.546. The quantitative estimate of drug-likeness (QED) is 0.754. The summed E-state index contributed by atoms with van der Waals surface area (Å²) in [4.78, 5) is 0. The fourth-order valence-corrected chi connectivity index (χ4v) is 2.89. The van der Waals surface area contributed by atoms with Gasteiger partial charge >= 0.3 is 0 Å². The van der Waals surface area contributed by atoms with E-state index in [9.17, 15) is 4.39 Å². The fraction of sp³-hybridized carbons (Fsp3) is 0.647. The molecule has 0 aliphatic carbocycles. The second-order valence-electron chi connectivity index (χ2n) is 6.65. The van der Waals surface area contributed by atoms with E-state index in [1.807, 2.05) is 13.8 Å². The Morgan fingerprint density at radius 1 is 1.16 bits per heavy atom. The summed E-state index contributed by atoms with van der Waals surface area (Å²) in [6.45, 7) is 15.0. The van der Waals surface area contributed by atoms with Crippen LogP contribution < -0.4 is 5.32 Å². The van der Waals surface area contributed by atoms with Crippen LogP contribution in [0.15, 0.2) is 12.1 Å². The number of aryl methyl sites for hydroxylation is 2. The van der Waals surface area contributed by atoms with Crippen molar-refractivity contribution in [2.24, 2.45) is 5.92 Å². The second-order valence-corrected chi connectivity index (χ2v) is 6.65. The van der Waals surface area contributed by atoms with Crippen LogP contribution in [0.1, 0.15) is 50.8 Å². The Hall–Kier alpha value is -0.890. The minimum Gasteiger partial charge on any atom is -0.316 e. The van der Waals surface area contributed by atoms with E-state index in [2.05, 4.69) is 33.0 Å². The van der Waals surface area contributed by atoms with Gasteiger partial charge in [-0.05, 0) is 73.5 Å². The number of benzene rings is 1. The van der Waals surface area contributed by atoms with Crippen LogP contribution in [0.25, 0.3) is 0 Å². The van der Waals surface area contributed by atoms with E-state index in [-0.39, 0.29) is 11.2 Å². The van der Waals surface area contributed by atoms with Gasteiger partial charge in [-0.3, -0.25) is 0 Å². The number of hydrogen-bond donors (Lipinski definition) is 1. The molecule has 0 saturated carbocycles. The normalized spacial score (nSPS) is 12.2. The molecule has 0 unspecified atom stereocenters. The van der Waals surface area contributed by atoms with Gasteiger partial charge in [0, 0.05) is 0 Å². The SMILES string of the molecule is Cc1cc(F)cc(C)c1C(C)(C)CCNCC(C)C. The Morgan fingerprint density at radius 3 is 2.16 bits per heavy atom. The van der Waals surface area contributed by atoms with Gasteiger partial charge in [-0.1, -0.05) is 27.7 Å². The summed E-state index contributed by atoms with van der Waals surface area (Å²) >= 11 is 0. The minimum absolute atomic E-state index is 0.0752. The van der Waals surface area contributed by atoms with Crippen LogP contribution in [0.4, 0.5) is 4.39 Å². The van der Waals surface area contributed by atoms with Gasteiger partial charge in [0.2, 0.25) is 0 Å². The fourth-order valence-electron chi connectivity index (χ4n) is 2.89. The lowest BCUT2D eigenvalue weighted by molar-refractivity contribution is 0.438. The molecule has 0 fully saturated rings. The Kier molecular flexibility index (Phi) is 5.54. The molecule has 1 aromatic rings. The summed E-state index contributed by atoms with van der Waals surface area (Å²) in [7, 11) is 0. The number of rotatable bonds is 6. The maximum atomic E-state index is 13.4. The molecule has 1 nitrogen and oxygen atoms in total. The van der Waals surface area contributed by atoms with Crippen LogP contribution in [0.2, 0.25) is 0 Å². The highest BCUT2D eigenvalue weighted by atomic mass is 19.1. The van der Waals surface area contributed by atoms with Crippen molar-refractivity contribution in [2.45, 2.75) is 53.4 Å². The molecular formula is C17H28FN. The van der Waals surface area contributed by atoms with Crippen LogP contribution >= 0.6 is 0 Å². The predicted molar refractivity (Wildman–Crippen MR) is 81.2 cm³/mol. The largest absolute Gasteiger partial charge is 0.316 e. The third-order valence-corrected chi connectivity index (χ3v) is 3.65. The van der Waals surface area contributed by atoms with Crippen molar-refractivity contribution < 1.29 is 4.39 Å². The van der Waals surface area contributed by atoms with Crippen LogP contribution in [-0.2, 0) is 5.41 Å². The molecular weight excluding hydrogens is 237 g/mol. The average Bonchev–Trinajstić information content (AvgIpc) is 2.22. The molecule has 1 N–H and O–H groups in total. The third kappa shape index (κ3) is 4.61. The van der Waals surface area contributed by atoms with Gasteiger partial charge < -0.3 is 5.32 Å². The first-order valence-corrected chi connectivity index (χ1v) is 7.22. The highest BCUT2D eigenvalue weighted by Crippen LogP contribution is 2.32. The first kappa shape index (κ1) is 16.2. The van der Waals surface area contributed by atoms with Crippen molar-refractivity contribution in [3.05, 3.63) is 34.6 Å². The zero-order valence-corrected chi connectivity index (χ0v) is 13.2. The summed E-state index contributed by atoms with van der Waals surface area (Å²) in [6, 6.07) is 3.29. The molecule has 1 rings (SSSR count). The van der Waals surface area contributed by atoms with Gasteiger partial charge in [0.15, 0.2) is 0 Å². The molecule has 0 radical (unpaired) electrons. The highest BCUT2D eigenvalue weighted by Gasteiger charge is 2.24. The Balaban J connectivity index is 2.77. The maximum Gasteiger partial charge on any atom is 0.123 e. The third-order valence-electron chi connectivity index (χ3n) is 3.65.